The summed E-state index contributed by atoms with van der Waals surface area (Å²) in [6.07, 6.45) is 1.62. The van der Waals surface area contributed by atoms with E-state index in [0.29, 0.717) is 35.9 Å². The van der Waals surface area contributed by atoms with Gasteiger partial charge < -0.3 is 14.8 Å². The van der Waals surface area contributed by atoms with Gasteiger partial charge in [-0.15, -0.1) is 10.2 Å². The number of aromatic nitrogens is 2. The van der Waals surface area contributed by atoms with E-state index in [4.69, 9.17) is 9.47 Å². The summed E-state index contributed by atoms with van der Waals surface area (Å²) in [7, 11) is 3.21. The number of rotatable bonds is 8. The second-order valence-electron chi connectivity index (χ2n) is 5.93. The molecular formula is C20H21N3O3S. The molecule has 140 valence electrons. The molecule has 0 aliphatic carbocycles. The van der Waals surface area contributed by atoms with E-state index in [1.165, 1.54) is 16.9 Å². The van der Waals surface area contributed by atoms with Crippen LogP contribution >= 0.6 is 11.3 Å². The summed E-state index contributed by atoms with van der Waals surface area (Å²) in [6.45, 7) is 0. The smallest absolute Gasteiger partial charge is 0.226 e. The molecule has 1 heterocycles. The van der Waals surface area contributed by atoms with Gasteiger partial charge in [-0.1, -0.05) is 41.7 Å². The Morgan fingerprint density at radius 2 is 1.70 bits per heavy atom. The van der Waals surface area contributed by atoms with E-state index in [0.717, 1.165) is 10.6 Å². The van der Waals surface area contributed by atoms with Crippen LogP contribution in [0.3, 0.4) is 0 Å². The van der Waals surface area contributed by atoms with Gasteiger partial charge in [0.25, 0.3) is 0 Å². The average molecular weight is 383 g/mol. The van der Waals surface area contributed by atoms with Crippen molar-refractivity contribution in [3.05, 3.63) is 64.7 Å². The minimum Gasteiger partial charge on any atom is -0.497 e. The molecule has 0 saturated carbocycles. The molecule has 0 bridgehead atoms. The molecule has 0 radical (unpaired) electrons. The third-order valence-electron chi connectivity index (χ3n) is 3.96. The number of aryl methyl sites for hydroxylation is 1. The molecule has 27 heavy (non-hydrogen) atoms. The Bertz CT molecular complexity index is 874. The van der Waals surface area contributed by atoms with E-state index in [1.807, 2.05) is 42.5 Å². The fourth-order valence-corrected chi connectivity index (χ4v) is 3.39. The summed E-state index contributed by atoms with van der Waals surface area (Å²) in [5.41, 5.74) is 2.14. The molecule has 7 heteroatoms. The monoisotopic (exact) mass is 383 g/mol. The zero-order valence-corrected chi connectivity index (χ0v) is 16.1. The molecule has 1 aromatic heterocycles. The average Bonchev–Trinajstić information content (AvgIpc) is 3.13. The van der Waals surface area contributed by atoms with Gasteiger partial charge in [0.2, 0.25) is 11.0 Å². The van der Waals surface area contributed by atoms with Gasteiger partial charge in [0.1, 0.15) is 16.5 Å². The first-order valence-corrected chi connectivity index (χ1v) is 9.36. The van der Waals surface area contributed by atoms with Crippen LogP contribution < -0.4 is 14.8 Å². The van der Waals surface area contributed by atoms with Crippen LogP contribution in [-0.2, 0) is 17.6 Å². The Labute approximate surface area is 162 Å². The number of amides is 1. The van der Waals surface area contributed by atoms with Crippen molar-refractivity contribution in [2.24, 2.45) is 0 Å². The topological polar surface area (TPSA) is 73.3 Å². The van der Waals surface area contributed by atoms with E-state index < -0.39 is 0 Å². The predicted molar refractivity (Wildman–Crippen MR) is 106 cm³/mol. The lowest BCUT2D eigenvalue weighted by atomic mass is 10.1. The number of nitrogens with one attached hydrogen (secondary N) is 1. The Hall–Kier alpha value is -2.93. The maximum absolute atomic E-state index is 12.2. The zero-order chi connectivity index (χ0) is 19.1. The van der Waals surface area contributed by atoms with E-state index in [9.17, 15) is 4.79 Å². The van der Waals surface area contributed by atoms with Gasteiger partial charge in [-0.05, 0) is 29.7 Å². The Morgan fingerprint density at radius 3 is 2.37 bits per heavy atom. The third-order valence-corrected chi connectivity index (χ3v) is 4.80. The van der Waals surface area contributed by atoms with Crippen molar-refractivity contribution in [3.8, 4) is 11.5 Å². The summed E-state index contributed by atoms with van der Waals surface area (Å²) in [5, 5.41) is 12.4. The van der Waals surface area contributed by atoms with Crippen molar-refractivity contribution in [2.45, 2.75) is 19.3 Å². The normalized spacial score (nSPS) is 10.4. The van der Waals surface area contributed by atoms with Crippen LogP contribution in [-0.4, -0.2) is 30.3 Å². The molecule has 0 aliphatic heterocycles. The van der Waals surface area contributed by atoms with E-state index in [-0.39, 0.29) is 5.91 Å². The Kier molecular flexibility index (Phi) is 6.38. The van der Waals surface area contributed by atoms with Crippen LogP contribution in [0.15, 0.2) is 48.5 Å². The summed E-state index contributed by atoms with van der Waals surface area (Å²) < 4.78 is 10.5. The van der Waals surface area contributed by atoms with Crippen LogP contribution in [0, 0.1) is 0 Å². The van der Waals surface area contributed by atoms with Crippen LogP contribution in [0.1, 0.15) is 22.6 Å². The summed E-state index contributed by atoms with van der Waals surface area (Å²) in [5.74, 6) is 1.32. The molecule has 3 rings (SSSR count). The van der Waals surface area contributed by atoms with E-state index in [1.54, 1.807) is 20.3 Å². The van der Waals surface area contributed by atoms with Crippen molar-refractivity contribution in [1.82, 2.24) is 10.2 Å². The molecule has 3 aromatic rings. The van der Waals surface area contributed by atoms with Crippen molar-refractivity contribution in [2.75, 3.05) is 19.5 Å². The predicted octanol–water partition coefficient (Wildman–Crippen LogP) is 3.72. The second-order valence-corrected chi connectivity index (χ2v) is 6.99. The van der Waals surface area contributed by atoms with Crippen LogP contribution in [0.25, 0.3) is 0 Å². The van der Waals surface area contributed by atoms with Crippen LogP contribution in [0.4, 0.5) is 5.13 Å². The number of hydrogen-bond acceptors (Lipinski definition) is 6. The molecule has 1 amide bonds. The minimum absolute atomic E-state index is 0.0980. The molecular weight excluding hydrogens is 362 g/mol. The zero-order valence-electron chi connectivity index (χ0n) is 15.3. The molecule has 1 N–H and O–H groups in total. The SMILES string of the molecule is COc1cc(CCC(=O)Nc2nnc(Cc3ccccc3)s2)cc(OC)c1. The number of hydrogen-bond donors (Lipinski definition) is 1. The molecule has 0 unspecified atom stereocenters. The standard InChI is InChI=1S/C20H21N3O3S/c1-25-16-10-15(11-17(13-16)26-2)8-9-18(24)21-20-23-22-19(27-20)12-14-6-4-3-5-7-14/h3-7,10-11,13H,8-9,12H2,1-2H3,(H,21,23,24). The van der Waals surface area contributed by atoms with Gasteiger partial charge in [0.05, 0.1) is 14.2 Å². The van der Waals surface area contributed by atoms with Crippen LogP contribution in [0.5, 0.6) is 11.5 Å². The molecule has 0 atom stereocenters. The fraction of sp³-hybridized carbons (Fsp3) is 0.250. The number of nitrogens with zero attached hydrogens (tertiary/aromatic N) is 2. The summed E-state index contributed by atoms with van der Waals surface area (Å²) >= 11 is 1.40. The maximum Gasteiger partial charge on any atom is 0.226 e. The van der Waals surface area contributed by atoms with E-state index in [2.05, 4.69) is 15.5 Å². The quantitative estimate of drug-likeness (QED) is 0.642. The van der Waals surface area contributed by atoms with Gasteiger partial charge in [-0.25, -0.2) is 0 Å². The first-order valence-electron chi connectivity index (χ1n) is 8.54. The number of benzene rings is 2. The summed E-state index contributed by atoms with van der Waals surface area (Å²) in [4.78, 5) is 12.2. The van der Waals surface area contributed by atoms with Gasteiger partial charge in [0, 0.05) is 18.9 Å². The molecule has 6 nitrogen and oxygen atoms in total. The largest absolute Gasteiger partial charge is 0.497 e. The molecule has 0 spiro atoms. The first kappa shape index (κ1) is 18.8. The lowest BCUT2D eigenvalue weighted by Crippen LogP contribution is -2.12. The van der Waals surface area contributed by atoms with Gasteiger partial charge in [0.15, 0.2) is 0 Å². The lowest BCUT2D eigenvalue weighted by molar-refractivity contribution is -0.116. The highest BCUT2D eigenvalue weighted by molar-refractivity contribution is 7.15. The van der Waals surface area contributed by atoms with Gasteiger partial charge in [-0.3, -0.25) is 4.79 Å². The van der Waals surface area contributed by atoms with Gasteiger partial charge >= 0.3 is 0 Å². The maximum atomic E-state index is 12.2. The summed E-state index contributed by atoms with van der Waals surface area (Å²) in [6, 6.07) is 15.7. The highest BCUT2D eigenvalue weighted by Gasteiger charge is 2.10. The second kappa shape index (κ2) is 9.14. The van der Waals surface area contributed by atoms with E-state index >= 15 is 0 Å². The molecule has 0 fully saturated rings. The molecule has 0 saturated heterocycles. The van der Waals surface area contributed by atoms with Gasteiger partial charge in [-0.2, -0.15) is 0 Å². The highest BCUT2D eigenvalue weighted by atomic mass is 32.1. The van der Waals surface area contributed by atoms with Crippen molar-refractivity contribution in [3.63, 3.8) is 0 Å². The number of carbonyl (C=O) groups is 1. The van der Waals surface area contributed by atoms with Crippen molar-refractivity contribution in [1.29, 1.82) is 0 Å². The first-order chi connectivity index (χ1) is 13.2. The number of ether oxygens (including phenoxy) is 2. The molecule has 0 aliphatic rings. The number of anilines is 1. The van der Waals surface area contributed by atoms with Crippen molar-refractivity contribution >= 4 is 22.4 Å². The highest BCUT2D eigenvalue weighted by Crippen LogP contribution is 2.24. The minimum atomic E-state index is -0.0980. The van der Waals surface area contributed by atoms with Crippen molar-refractivity contribution < 1.29 is 14.3 Å². The lowest BCUT2D eigenvalue weighted by Gasteiger charge is -2.08. The Balaban J connectivity index is 1.54. The molecule has 2 aromatic carbocycles. The Morgan fingerprint density at radius 1 is 1.00 bits per heavy atom. The number of methoxy groups -OCH3 is 2. The number of carbonyl (C=O) groups excluding carboxylic acids is 1. The third kappa shape index (κ3) is 5.52. The fourth-order valence-electron chi connectivity index (χ4n) is 2.60. The van der Waals surface area contributed by atoms with Crippen LogP contribution in [0.2, 0.25) is 0 Å².